The Labute approximate surface area is 832 Å². The van der Waals surface area contributed by atoms with Crippen molar-refractivity contribution in [2.24, 2.45) is 0 Å². The number of aliphatic hydroxyl groups excluding tert-OH is 22. The largest absolute Gasteiger partial charge is 0.780 e. The fourth-order valence-corrected chi connectivity index (χ4v) is 17.7. The average Bonchev–Trinajstić information content (AvgIpc) is 1.59. The predicted octanol–water partition coefficient (Wildman–Crippen LogP) is -9.40. The van der Waals surface area contributed by atoms with Crippen molar-refractivity contribution in [2.75, 3.05) is 175 Å². The van der Waals surface area contributed by atoms with Gasteiger partial charge in [-0.15, -0.1) is 0 Å². The molecule has 11 saturated heterocycles. The normalized spacial score (nSPS) is 38.9. The third kappa shape index (κ3) is 48.0. The van der Waals surface area contributed by atoms with Crippen LogP contribution in [0.5, 0.6) is 0 Å². The second-order valence-corrected chi connectivity index (χ2v) is 43.5. The first-order chi connectivity index (χ1) is 66.3. The molecule has 11 rings (SSSR count). The quantitative estimate of drug-likeness (QED) is 0.0220. The summed E-state index contributed by atoms with van der Waals surface area (Å²) in [4.78, 5) is 54.9. The lowest BCUT2D eigenvalue weighted by atomic mass is 10.0. The molecule has 0 saturated carbocycles. The van der Waals surface area contributed by atoms with Gasteiger partial charge >= 0.3 is 19.9 Å². The van der Waals surface area contributed by atoms with Crippen LogP contribution in [0.1, 0.15) is 76.2 Å². The lowest BCUT2D eigenvalue weighted by molar-refractivity contribution is -0.231. The third-order valence-electron chi connectivity index (χ3n) is 22.2. The predicted molar refractivity (Wildman–Crippen MR) is 481 cm³/mol. The fraction of sp³-hybridized carbons (Fsp3) is 0.975. The van der Waals surface area contributed by atoms with E-state index >= 15 is 0 Å². The number of nitrogens with zero attached hydrogens (tertiary/aromatic N) is 1. The summed E-state index contributed by atoms with van der Waals surface area (Å²) in [6, 6.07) is 0. The number of morpholine rings is 1. The Kier molecular flexibility index (Phi) is 73.1. The molecule has 11 aliphatic rings. The van der Waals surface area contributed by atoms with E-state index in [2.05, 4.69) is 29.9 Å². The van der Waals surface area contributed by atoms with Crippen molar-refractivity contribution in [1.82, 2.24) is 5.06 Å². The van der Waals surface area contributed by atoms with Crippen LogP contribution in [0.2, 0.25) is 0 Å². The highest BCUT2D eigenvalue weighted by Gasteiger charge is 2.60. The minimum absolute atomic E-state index is 0.0101. The molecule has 848 valence electrons. The number of methoxy groups -OCH3 is 2. The van der Waals surface area contributed by atoms with Gasteiger partial charge in [-0.3, -0.25) is 13.7 Å². The van der Waals surface area contributed by atoms with Gasteiger partial charge in [0.05, 0.1) is 186 Å². The van der Waals surface area contributed by atoms with E-state index in [1.54, 1.807) is 48.4 Å². The van der Waals surface area contributed by atoms with Crippen LogP contribution in [-0.4, -0.2) is 553 Å². The Morgan fingerprint density at radius 3 is 1.06 bits per heavy atom. The van der Waals surface area contributed by atoms with Gasteiger partial charge in [0.2, 0.25) is 0 Å². The van der Waals surface area contributed by atoms with Crippen LogP contribution in [-0.2, 0) is 159 Å². The van der Waals surface area contributed by atoms with Crippen LogP contribution in [0.3, 0.4) is 0 Å². The molecule has 142 heavy (non-hydrogen) atoms. The maximum absolute atomic E-state index is 12.7. The van der Waals surface area contributed by atoms with Crippen LogP contribution in [0, 0.1) is 0 Å². The van der Waals surface area contributed by atoms with E-state index in [-0.39, 0.29) is 153 Å². The molecule has 0 aromatic heterocycles. The molecule has 0 amide bonds. The fourth-order valence-electron chi connectivity index (χ4n) is 14.3. The number of alkyl halides is 2. The minimum Gasteiger partial charge on any atom is -0.780 e. The lowest BCUT2D eigenvalue weighted by Crippen LogP contribution is -2.46. The van der Waals surface area contributed by atoms with E-state index in [4.69, 9.17) is 202 Å². The standard InChI is InChI=1S/C9H18O5.C8H17O6P.C8H17O5PS.C7H15O7P.C7H15O6PS.C7H12O4.C7H14O4.2C6H11FO3.C6H13NO3.C6H14O4.2CO2/c1-6-9(13-4-3-12-2)8(11)7(5-10)14-6;1-5-7(10)8(6(4-9)13-5)14-15(3,11)12-2;1-5-7(10)8(6(4-9)12-5)13-14(3,15)11-2;1-4-6(9)7(5(3-8)13-4)14-15(10,11)12-2;1-4-6(9)7(5(3-8)12-4)13-14(10,15)11-2;1-4-5-6(9)7(2-8,11-4)3-10-5;1-4-7(10-2)6(9)5(3-8)11-4;2*1-3-5(7)6(9)4(2-8)10-3;1-5-2-7(9)3-6(4-8)10-5;1-5(2-7)10-6(3-8)4-9;2*2-1-3/h6-11H,3-5H2,1-2H3;2*5-10H,4H2,1-3H3;4-9H,3H2,1-2H3,(H,10,11);4-9H,3H2,1-2H3,(H,10,15);4-6,8-9H,2-3H2,1H3;4-9H,3H2,1-2H3;2*3-6,8-9H,2H2,1H3;5-6,8-9H,2-4H2,1H3;5-9H,2-4H2,1H3;;/p-2/t6-,7+,8?,9+;5-,6+,7+,8?,15?;5-,6+,7+,8?,14?;4-,5+,6+,7?;4-,5+,6+,7?,14?;4-,5+,6?,7-;4-,5+,6?,7+;2*3-,4+,5+,6?;;5-;;/m000000000.0../s1. The summed E-state index contributed by atoms with van der Waals surface area (Å²) >= 11 is 9.63. The van der Waals surface area contributed by atoms with E-state index in [1.807, 2.05) is 27.7 Å². The number of hydroxylamine groups is 2. The molecule has 0 aliphatic carbocycles. The zero-order valence-electron chi connectivity index (χ0n) is 82.5. The molecule has 11 aliphatic heterocycles. The number of halogens is 2. The number of fused-ring (bicyclic) bond motifs is 2. The SMILES string of the molecule is CC1CN(O)CC(CO)O1.COCCO[C@H]1C(O)[C@@H](CO)O[C@H]1C.COP(=O)([O-])OC1[C@@H](CO)O[C@@H](C)[C@H]1O.COP(C)(=O)OC1[C@@H](CO)O[C@@H](C)[C@H]1O.COP(C)(=S)OC1[C@@H](CO)O[C@@H](C)[C@H]1O.COP([O-])(=S)OC1[C@@H](CO)O[C@@H](C)[C@H]1O.CO[C@H]1C(O)[C@@H](CO)O[C@H]1C.C[C@@H](CO)OC(CO)CO.C[C@@H]1O[C@@]2(CO)CO[C@H]1C2O.C[C@@H]1O[C@H](CO)C(O)[C@@H]1F.C[C@@H]1O[C@H](CO)C(O)[C@@H]1F.O=C=O.O=C=O. The number of carbonyl (C=O) groups excluding carboxylic acids is 4. The minimum atomic E-state index is -4.44. The highest BCUT2D eigenvalue weighted by Crippen LogP contribution is 2.49. The topological polar surface area (TPSA) is 829 Å². The van der Waals surface area contributed by atoms with Crippen molar-refractivity contribution >= 4 is 64.5 Å². The Morgan fingerprint density at radius 1 is 0.430 bits per heavy atom. The van der Waals surface area contributed by atoms with Crippen LogP contribution < -0.4 is 9.79 Å². The van der Waals surface area contributed by atoms with Gasteiger partial charge in [0.1, 0.15) is 165 Å². The van der Waals surface area contributed by atoms with Gasteiger partial charge < -0.3 is 230 Å². The maximum atomic E-state index is 12.7. The van der Waals surface area contributed by atoms with Crippen LogP contribution in [0.4, 0.5) is 8.78 Å². The molecule has 11 fully saturated rings. The third-order valence-corrected chi connectivity index (χ3v) is 28.1. The monoisotopic (exact) mass is 2210 g/mol. The highest BCUT2D eigenvalue weighted by atomic mass is 32.5. The summed E-state index contributed by atoms with van der Waals surface area (Å²) in [6.07, 6.45) is -24.9. The number of hydrogen-bond acceptors (Lipinski definition) is 57. The number of aliphatic hydroxyl groups is 22. The van der Waals surface area contributed by atoms with E-state index < -0.39 is 218 Å². The Morgan fingerprint density at radius 2 is 0.789 bits per heavy atom. The van der Waals surface area contributed by atoms with Gasteiger partial charge in [-0.05, 0) is 88.0 Å². The molecule has 0 aromatic rings. The van der Waals surface area contributed by atoms with Crippen molar-refractivity contribution in [3.63, 3.8) is 0 Å². The summed E-state index contributed by atoms with van der Waals surface area (Å²) in [7, 11) is 0.332. The van der Waals surface area contributed by atoms with E-state index in [9.17, 15) is 63.4 Å². The molecule has 0 radical (unpaired) electrons. The molecule has 0 spiro atoms. The van der Waals surface area contributed by atoms with E-state index in [0.29, 0.717) is 32.9 Å². The molecular formula is C79H155F2NO54P4S2-2. The zero-order valence-corrected chi connectivity index (χ0v) is 87.7. The molecule has 15 unspecified atom stereocenters. The van der Waals surface area contributed by atoms with Gasteiger partial charge in [0.15, 0.2) is 18.8 Å². The molecule has 55 nitrogen and oxygen atoms in total. The van der Waals surface area contributed by atoms with Gasteiger partial charge in [-0.2, -0.15) is 24.2 Å². The summed E-state index contributed by atoms with van der Waals surface area (Å²) in [5, 5.41) is 209. The molecule has 43 atom stereocenters. The summed E-state index contributed by atoms with van der Waals surface area (Å²) in [5.41, 5.74) is -0.829. The van der Waals surface area contributed by atoms with Crippen LogP contribution in [0.15, 0.2) is 0 Å². The van der Waals surface area contributed by atoms with Crippen molar-refractivity contribution < 1.29 is 272 Å². The first-order valence-corrected chi connectivity index (χ1v) is 53.4. The van der Waals surface area contributed by atoms with Crippen molar-refractivity contribution in [3.8, 4) is 0 Å². The van der Waals surface area contributed by atoms with Crippen molar-refractivity contribution in [1.29, 1.82) is 0 Å². The van der Waals surface area contributed by atoms with Crippen LogP contribution in [0.25, 0.3) is 0 Å². The zero-order chi connectivity index (χ0) is 110. The van der Waals surface area contributed by atoms with Crippen LogP contribution >= 0.6 is 28.6 Å². The maximum Gasteiger partial charge on any atom is 0.373 e. The van der Waals surface area contributed by atoms with Gasteiger partial charge in [-0.25, -0.2) is 8.78 Å². The first kappa shape index (κ1) is 142. The van der Waals surface area contributed by atoms with Crippen molar-refractivity contribution in [2.45, 2.75) is 320 Å². The summed E-state index contributed by atoms with van der Waals surface area (Å²) in [6.45, 7) is 14.8. The van der Waals surface area contributed by atoms with E-state index in [0.717, 1.165) is 14.2 Å². The molecule has 23 N–H and O–H groups in total. The Hall–Kier alpha value is -1.58. The molecule has 2 bridgehead atoms. The number of ether oxygens (including phenoxy) is 15. The number of rotatable bonds is 32. The second-order valence-electron chi connectivity index (χ2n) is 33.0. The molecule has 63 heteroatoms. The smallest absolute Gasteiger partial charge is 0.373 e. The van der Waals surface area contributed by atoms with Gasteiger partial charge in [0.25, 0.3) is 7.82 Å². The average molecular weight is 2210 g/mol. The lowest BCUT2D eigenvalue weighted by Gasteiger charge is -2.31. The van der Waals surface area contributed by atoms with Gasteiger partial charge in [0, 0.05) is 62.5 Å². The molecular weight excluding hydrogens is 2050 g/mol. The number of hydrogen-bond donors (Lipinski definition) is 23. The van der Waals surface area contributed by atoms with E-state index in [1.165, 1.54) is 46.9 Å². The van der Waals surface area contributed by atoms with Gasteiger partial charge in [-0.1, -0.05) is 11.8 Å². The second kappa shape index (κ2) is 72.9. The number of phosphoric acid groups is 1. The van der Waals surface area contributed by atoms with Crippen molar-refractivity contribution in [3.05, 3.63) is 0 Å². The highest BCUT2D eigenvalue weighted by molar-refractivity contribution is 8.09. The molecule has 11 heterocycles. The Bertz CT molecular complexity index is 3290. The molecule has 0 aromatic carbocycles. The first-order valence-electron chi connectivity index (χ1n) is 44.3. The summed E-state index contributed by atoms with van der Waals surface area (Å²) in [5.74, 6) is 0. The summed E-state index contributed by atoms with van der Waals surface area (Å²) < 4.78 is 163. The Balaban J connectivity index is 0. The number of phosphoric ester groups is 1.